The van der Waals surface area contributed by atoms with E-state index in [1.807, 2.05) is 0 Å². The van der Waals surface area contributed by atoms with E-state index < -0.39 is 11.0 Å². The molecule has 0 aliphatic rings. The molecule has 0 aliphatic heterocycles. The van der Waals surface area contributed by atoms with Gasteiger partial charge < -0.3 is 4.74 Å². The Morgan fingerprint density at radius 3 is 2.81 bits per heavy atom. The van der Waals surface area contributed by atoms with Crippen LogP contribution in [0.15, 0.2) is 18.2 Å². The quantitative estimate of drug-likeness (QED) is 0.437. The number of carbonyl (C=O) groups excluding carboxylic acids is 1. The Morgan fingerprint density at radius 1 is 1.62 bits per heavy atom. The lowest BCUT2D eigenvalue weighted by molar-refractivity contribution is -0.386. The SMILES string of the molecule is C[C@H](C#N)Oc1ccc(C=O)cc1[N+](=O)[O-]. The Balaban J connectivity index is 3.14. The number of nitrogens with zero attached hydrogens (tertiary/aromatic N) is 2. The normalized spacial score (nSPS) is 11.2. The standard InChI is InChI=1S/C10H8N2O4/c1-7(5-11)16-10-3-2-8(6-13)4-9(10)12(14)15/h2-4,6-7H,1H3/t7-/m1/s1. The Labute approximate surface area is 91.2 Å². The van der Waals surface area contributed by atoms with E-state index in [1.165, 1.54) is 19.1 Å². The van der Waals surface area contributed by atoms with E-state index in [4.69, 9.17) is 10.00 Å². The second-order valence-corrected chi connectivity index (χ2v) is 2.99. The number of rotatable bonds is 4. The zero-order valence-electron chi connectivity index (χ0n) is 8.41. The van der Waals surface area contributed by atoms with E-state index in [0.29, 0.717) is 6.29 Å². The Morgan fingerprint density at radius 2 is 2.31 bits per heavy atom. The molecule has 0 unspecified atom stereocenters. The van der Waals surface area contributed by atoms with E-state index in [9.17, 15) is 14.9 Å². The molecule has 0 aliphatic carbocycles. The van der Waals surface area contributed by atoms with Crippen molar-refractivity contribution in [3.8, 4) is 11.8 Å². The monoisotopic (exact) mass is 220 g/mol. The lowest BCUT2D eigenvalue weighted by atomic mass is 10.2. The van der Waals surface area contributed by atoms with Gasteiger partial charge in [-0.15, -0.1) is 0 Å². The first-order valence-electron chi connectivity index (χ1n) is 4.38. The van der Waals surface area contributed by atoms with Crippen LogP contribution in [0.4, 0.5) is 5.69 Å². The van der Waals surface area contributed by atoms with Crippen molar-refractivity contribution in [3.05, 3.63) is 33.9 Å². The number of aldehydes is 1. The zero-order chi connectivity index (χ0) is 12.1. The highest BCUT2D eigenvalue weighted by Gasteiger charge is 2.17. The van der Waals surface area contributed by atoms with Crippen LogP contribution in [0.5, 0.6) is 5.75 Å². The molecule has 0 heterocycles. The third-order valence-corrected chi connectivity index (χ3v) is 1.80. The summed E-state index contributed by atoms with van der Waals surface area (Å²) in [7, 11) is 0. The van der Waals surface area contributed by atoms with E-state index in [1.54, 1.807) is 6.07 Å². The smallest absolute Gasteiger partial charge is 0.311 e. The third kappa shape index (κ3) is 2.54. The van der Waals surface area contributed by atoms with Crippen LogP contribution in [0, 0.1) is 21.4 Å². The van der Waals surface area contributed by atoms with Crippen LogP contribution in [-0.2, 0) is 0 Å². The molecule has 0 saturated carbocycles. The summed E-state index contributed by atoms with van der Waals surface area (Å²) in [6.07, 6.45) is -0.286. The fourth-order valence-corrected chi connectivity index (χ4v) is 1.07. The Kier molecular flexibility index (Phi) is 3.56. The summed E-state index contributed by atoms with van der Waals surface area (Å²) in [6.45, 7) is 1.47. The maximum absolute atomic E-state index is 10.7. The fourth-order valence-electron chi connectivity index (χ4n) is 1.07. The van der Waals surface area contributed by atoms with Crippen molar-refractivity contribution in [1.82, 2.24) is 0 Å². The molecule has 6 heteroatoms. The first-order chi connectivity index (χ1) is 7.58. The third-order valence-electron chi connectivity index (χ3n) is 1.80. The van der Waals surface area contributed by atoms with E-state index in [-0.39, 0.29) is 17.0 Å². The van der Waals surface area contributed by atoms with Crippen LogP contribution < -0.4 is 4.74 Å². The van der Waals surface area contributed by atoms with Gasteiger partial charge in [0.25, 0.3) is 0 Å². The first-order valence-corrected chi connectivity index (χ1v) is 4.38. The van der Waals surface area contributed by atoms with Gasteiger partial charge in [0.2, 0.25) is 0 Å². The van der Waals surface area contributed by atoms with Crippen molar-refractivity contribution in [1.29, 1.82) is 5.26 Å². The van der Waals surface area contributed by atoms with Gasteiger partial charge in [-0.05, 0) is 19.1 Å². The topological polar surface area (TPSA) is 93.2 Å². The maximum Gasteiger partial charge on any atom is 0.311 e. The van der Waals surface area contributed by atoms with Crippen molar-refractivity contribution in [2.24, 2.45) is 0 Å². The predicted molar refractivity (Wildman–Crippen MR) is 54.2 cm³/mol. The van der Waals surface area contributed by atoms with Gasteiger partial charge in [-0.3, -0.25) is 14.9 Å². The Hall–Kier alpha value is -2.42. The van der Waals surface area contributed by atoms with Crippen molar-refractivity contribution in [2.75, 3.05) is 0 Å². The minimum atomic E-state index is -0.791. The molecule has 1 rings (SSSR count). The van der Waals surface area contributed by atoms with E-state index in [2.05, 4.69) is 0 Å². The summed E-state index contributed by atoms with van der Waals surface area (Å²) in [5.41, 5.74) is -0.143. The highest BCUT2D eigenvalue weighted by molar-refractivity contribution is 5.77. The minimum Gasteiger partial charge on any atom is -0.469 e. The molecule has 0 bridgehead atoms. The van der Waals surface area contributed by atoms with Crippen molar-refractivity contribution >= 4 is 12.0 Å². The minimum absolute atomic E-state index is 0.0235. The van der Waals surface area contributed by atoms with Gasteiger partial charge >= 0.3 is 5.69 Å². The summed E-state index contributed by atoms with van der Waals surface area (Å²) >= 11 is 0. The van der Waals surface area contributed by atoms with Gasteiger partial charge in [0.05, 0.1) is 4.92 Å². The summed E-state index contributed by atoms with van der Waals surface area (Å²) in [4.78, 5) is 20.5. The molecule has 0 amide bonds. The summed E-state index contributed by atoms with van der Waals surface area (Å²) in [6, 6.07) is 5.59. The predicted octanol–water partition coefficient (Wildman–Crippen LogP) is 1.70. The van der Waals surface area contributed by atoms with Gasteiger partial charge in [0, 0.05) is 11.6 Å². The van der Waals surface area contributed by atoms with Crippen LogP contribution in [0.25, 0.3) is 0 Å². The second-order valence-electron chi connectivity index (χ2n) is 2.99. The molecule has 0 aromatic heterocycles. The van der Waals surface area contributed by atoms with Gasteiger partial charge in [-0.1, -0.05) is 0 Å². The number of nitro benzene ring substituents is 1. The van der Waals surface area contributed by atoms with Crippen LogP contribution in [-0.4, -0.2) is 17.3 Å². The van der Waals surface area contributed by atoms with Crippen LogP contribution in [0.2, 0.25) is 0 Å². The Bertz CT molecular complexity index is 464. The molecule has 0 spiro atoms. The molecule has 1 aromatic carbocycles. The molecular formula is C10H8N2O4. The van der Waals surface area contributed by atoms with E-state index in [0.717, 1.165) is 6.07 Å². The van der Waals surface area contributed by atoms with Crippen molar-refractivity contribution in [2.45, 2.75) is 13.0 Å². The fraction of sp³-hybridized carbons (Fsp3) is 0.200. The molecule has 82 valence electrons. The number of carbonyl (C=O) groups is 1. The van der Waals surface area contributed by atoms with Crippen LogP contribution in [0.3, 0.4) is 0 Å². The lowest BCUT2D eigenvalue weighted by Crippen LogP contribution is -2.09. The number of hydrogen-bond donors (Lipinski definition) is 0. The zero-order valence-corrected chi connectivity index (χ0v) is 8.41. The molecule has 16 heavy (non-hydrogen) atoms. The molecule has 1 atom stereocenters. The molecular weight excluding hydrogens is 212 g/mol. The molecule has 0 fully saturated rings. The van der Waals surface area contributed by atoms with Gasteiger partial charge in [-0.2, -0.15) is 5.26 Å². The van der Waals surface area contributed by atoms with Gasteiger partial charge in [0.1, 0.15) is 12.4 Å². The number of nitro groups is 1. The van der Waals surface area contributed by atoms with Crippen LogP contribution in [0.1, 0.15) is 17.3 Å². The average Bonchev–Trinajstić information content (AvgIpc) is 2.29. The molecule has 6 nitrogen and oxygen atoms in total. The first kappa shape index (κ1) is 11.7. The highest BCUT2D eigenvalue weighted by atomic mass is 16.6. The lowest BCUT2D eigenvalue weighted by Gasteiger charge is -2.07. The van der Waals surface area contributed by atoms with Crippen LogP contribution >= 0.6 is 0 Å². The molecule has 0 N–H and O–H groups in total. The summed E-state index contributed by atoms with van der Waals surface area (Å²) in [5.74, 6) is -0.0235. The molecule has 1 aromatic rings. The molecule has 0 saturated heterocycles. The number of ether oxygens (including phenoxy) is 1. The molecule has 0 radical (unpaired) electrons. The van der Waals surface area contributed by atoms with Gasteiger partial charge in [-0.25, -0.2) is 0 Å². The number of benzene rings is 1. The second kappa shape index (κ2) is 4.89. The van der Waals surface area contributed by atoms with E-state index >= 15 is 0 Å². The number of nitriles is 1. The summed E-state index contributed by atoms with van der Waals surface area (Å²) in [5, 5.41) is 19.2. The average molecular weight is 220 g/mol. The highest BCUT2D eigenvalue weighted by Crippen LogP contribution is 2.28. The van der Waals surface area contributed by atoms with Crippen molar-refractivity contribution in [3.63, 3.8) is 0 Å². The van der Waals surface area contributed by atoms with Gasteiger partial charge in [0.15, 0.2) is 11.9 Å². The number of hydrogen-bond acceptors (Lipinski definition) is 5. The summed E-state index contributed by atoms with van der Waals surface area (Å²) < 4.78 is 5.04. The largest absolute Gasteiger partial charge is 0.469 e. The van der Waals surface area contributed by atoms with Crippen molar-refractivity contribution < 1.29 is 14.5 Å². The maximum atomic E-state index is 10.7.